The Morgan fingerprint density at radius 1 is 1.03 bits per heavy atom. The van der Waals surface area contributed by atoms with Gasteiger partial charge in [0.2, 0.25) is 5.60 Å². The lowest BCUT2D eigenvalue weighted by Crippen LogP contribution is -2.71. The van der Waals surface area contributed by atoms with E-state index < -0.39 is 75.5 Å². The third-order valence-electron chi connectivity index (χ3n) is 11.1. The van der Waals surface area contributed by atoms with E-state index in [1.165, 1.54) is 61.2 Å². The van der Waals surface area contributed by atoms with Gasteiger partial charge in [-0.1, -0.05) is 28.4 Å². The van der Waals surface area contributed by atoms with Crippen LogP contribution in [0.1, 0.15) is 53.1 Å². The predicted octanol–water partition coefficient (Wildman–Crippen LogP) is 2.66. The number of carbonyl (C=O) groups excluding carboxylic acids is 4. The number of thioether (sulfide) groups is 1. The molecular formula is C40H45Cl2N8O13S2+. The van der Waals surface area contributed by atoms with Crippen LogP contribution in [-0.2, 0) is 24.0 Å². The number of halogens is 2. The topological polar surface area (TPSA) is 304 Å². The second-order valence-corrected chi connectivity index (χ2v) is 18.5. The van der Waals surface area contributed by atoms with Gasteiger partial charge in [0, 0.05) is 42.6 Å². The van der Waals surface area contributed by atoms with Gasteiger partial charge in [-0.2, -0.15) is 0 Å². The summed E-state index contributed by atoms with van der Waals surface area (Å²) in [5, 5.41) is 59.7. The number of carbonyl (C=O) groups is 6. The van der Waals surface area contributed by atoms with E-state index in [1.807, 2.05) is 0 Å². The summed E-state index contributed by atoms with van der Waals surface area (Å²) in [6, 6.07) is 3.91. The molecule has 0 aliphatic carbocycles. The smallest absolute Gasteiger partial charge is 0.352 e. The molecule has 6 rings (SSSR count). The lowest BCUT2D eigenvalue weighted by molar-refractivity contribution is -0.911. The van der Waals surface area contributed by atoms with Crippen molar-refractivity contribution in [1.82, 2.24) is 25.4 Å². The monoisotopic (exact) mass is 979 g/mol. The molecule has 1 aromatic heterocycles. The number of benzene rings is 2. The summed E-state index contributed by atoms with van der Waals surface area (Å²) in [4.78, 5) is 90.9. The highest BCUT2D eigenvalue weighted by Crippen LogP contribution is 2.42. The normalized spacial score (nSPS) is 18.1. The van der Waals surface area contributed by atoms with Crippen molar-refractivity contribution in [3.63, 3.8) is 0 Å². The van der Waals surface area contributed by atoms with E-state index in [1.54, 1.807) is 0 Å². The first-order chi connectivity index (χ1) is 30.7. The number of phenolic OH excluding ortho intramolecular Hbond substituents is 3. The standard InChI is InChI=1S/C40H44Cl2N8O13S2/c1-40(2,38(60)61)63-47-27(22-18-65-39(43)45-22)33(55)46-28-35(57)49-29(37(58)59)19(17-64-36(28)49)16-50(13-4-5-14-50)15-12-48(34(56)21-6-8-23(51)30(52)26(21)42)11-10-44-32(54)20-7-9-24(62-3)31(53)25(20)41/h6-9,18,28,36H,4-5,10-17H2,1-3H3,(H8-,43,44,45,46,47,51,52,53,54,55,56,58,59,60,61)/p+1/t28-,36-/m1/s1. The highest BCUT2D eigenvalue weighted by Gasteiger charge is 2.55. The number of oxime groups is 1. The van der Waals surface area contributed by atoms with Crippen molar-refractivity contribution in [2.24, 2.45) is 5.16 Å². The first-order valence-electron chi connectivity index (χ1n) is 19.8. The van der Waals surface area contributed by atoms with Crippen molar-refractivity contribution in [1.29, 1.82) is 0 Å². The Kier molecular flexibility index (Phi) is 14.6. The molecule has 2 atom stereocenters. The molecule has 0 spiro atoms. The van der Waals surface area contributed by atoms with Gasteiger partial charge in [-0.25, -0.2) is 14.6 Å². The van der Waals surface area contributed by atoms with Crippen LogP contribution in [0.2, 0.25) is 10.0 Å². The number of phenols is 3. The molecule has 65 heavy (non-hydrogen) atoms. The highest BCUT2D eigenvalue weighted by atomic mass is 35.5. The SMILES string of the molecule is COc1ccc(C(=O)NCCN(CC[N+]2(CC3=C(C(=O)O)N4C(=O)[C@@H](NC(=O)/C(=N\OC(C)(C)C(=O)O)c5csc(N)n5)[C@H]4SC3)CCCC2)C(=O)c2ccc(O)c(O)c2Cl)c(Cl)c1O. The molecular weight excluding hydrogens is 936 g/mol. The number of rotatable bonds is 18. The number of anilines is 1. The Bertz CT molecular complexity index is 2490. The third-order valence-corrected chi connectivity index (χ3v) is 13.9. The maximum absolute atomic E-state index is 14.1. The number of carboxylic acids is 2. The van der Waals surface area contributed by atoms with Crippen molar-refractivity contribution in [2.75, 3.05) is 64.4 Å². The molecule has 3 aliphatic heterocycles. The zero-order valence-electron chi connectivity index (χ0n) is 35.0. The lowest BCUT2D eigenvalue weighted by Gasteiger charge is -2.50. The largest absolute Gasteiger partial charge is 0.504 e. The number of nitrogens with one attached hydrogen (secondary N) is 2. The second kappa shape index (κ2) is 19.6. The Balaban J connectivity index is 1.20. The van der Waals surface area contributed by atoms with E-state index in [-0.39, 0.29) is 75.4 Å². The molecule has 9 N–H and O–H groups in total. The fraction of sp³-hybridized carbons (Fsp3) is 0.400. The maximum Gasteiger partial charge on any atom is 0.352 e. The zero-order chi connectivity index (χ0) is 47.5. The highest BCUT2D eigenvalue weighted by molar-refractivity contribution is 8.00. The fourth-order valence-corrected chi connectivity index (χ4v) is 9.88. The first-order valence-corrected chi connectivity index (χ1v) is 22.5. The molecule has 4 amide bonds. The molecule has 4 heterocycles. The number of likely N-dealkylation sites (tertiary alicyclic amines) is 1. The first kappa shape index (κ1) is 48.4. The number of aromatic nitrogens is 1. The molecule has 25 heteroatoms. The van der Waals surface area contributed by atoms with Crippen molar-refractivity contribution in [3.05, 3.63) is 67.8 Å². The molecule has 0 bridgehead atoms. The number of thiazole rings is 1. The Labute approximate surface area is 388 Å². The van der Waals surface area contributed by atoms with Gasteiger partial charge in [0.25, 0.3) is 23.6 Å². The number of nitrogen functional groups attached to an aromatic ring is 1. The summed E-state index contributed by atoms with van der Waals surface area (Å²) in [6.45, 7) is 3.99. The molecule has 3 aromatic rings. The van der Waals surface area contributed by atoms with Gasteiger partial charge in [-0.05, 0) is 38.1 Å². The molecule has 2 fully saturated rings. The average molecular weight is 981 g/mol. The molecule has 21 nitrogen and oxygen atoms in total. The van der Waals surface area contributed by atoms with Crippen molar-refractivity contribution >= 4 is 92.7 Å². The Morgan fingerprint density at radius 3 is 2.34 bits per heavy atom. The minimum absolute atomic E-state index is 0.0342. The van der Waals surface area contributed by atoms with Crippen molar-refractivity contribution in [3.8, 4) is 23.0 Å². The number of nitrogens with zero attached hydrogens (tertiary/aromatic N) is 5. The van der Waals surface area contributed by atoms with Crippen molar-refractivity contribution in [2.45, 2.75) is 43.7 Å². The molecule has 0 saturated carbocycles. The Hall–Kier alpha value is -6.01. The molecule has 0 unspecified atom stereocenters. The fourth-order valence-electron chi connectivity index (χ4n) is 7.51. The summed E-state index contributed by atoms with van der Waals surface area (Å²) in [5.74, 6) is -7.09. The summed E-state index contributed by atoms with van der Waals surface area (Å²) < 4.78 is 5.37. The van der Waals surface area contributed by atoms with Crippen LogP contribution in [0, 0.1) is 0 Å². The van der Waals surface area contributed by atoms with Crippen LogP contribution >= 0.6 is 46.3 Å². The van der Waals surface area contributed by atoms with Crippen LogP contribution in [0.3, 0.4) is 0 Å². The maximum atomic E-state index is 14.1. The minimum atomic E-state index is -1.84. The number of carboxylic acid groups (broad SMARTS) is 2. The molecule has 2 aromatic carbocycles. The summed E-state index contributed by atoms with van der Waals surface area (Å²) in [5.41, 5.74) is 3.50. The number of nitrogens with two attached hydrogens (primary N) is 1. The van der Waals surface area contributed by atoms with Gasteiger partial charge >= 0.3 is 11.9 Å². The molecule has 348 valence electrons. The van der Waals surface area contributed by atoms with Crippen LogP contribution in [0.15, 0.2) is 46.1 Å². The molecule has 0 radical (unpaired) electrons. The van der Waals surface area contributed by atoms with E-state index in [0.717, 1.165) is 35.1 Å². The number of aliphatic carboxylic acids is 2. The van der Waals surface area contributed by atoms with Crippen LogP contribution in [-0.4, -0.2) is 162 Å². The predicted molar refractivity (Wildman–Crippen MR) is 237 cm³/mol. The van der Waals surface area contributed by atoms with Gasteiger partial charge in [-0.3, -0.25) is 24.1 Å². The van der Waals surface area contributed by atoms with Gasteiger partial charge in [0.15, 0.2) is 33.8 Å². The molecule has 2 saturated heterocycles. The number of β-lactam (4-membered cyclic amide) rings is 1. The number of aromatic hydroxyl groups is 3. The van der Waals surface area contributed by atoms with Gasteiger partial charge in [0.1, 0.15) is 29.4 Å². The van der Waals surface area contributed by atoms with E-state index in [2.05, 4.69) is 20.8 Å². The van der Waals surface area contributed by atoms with Crippen molar-refractivity contribution < 1.29 is 68.4 Å². The lowest BCUT2D eigenvalue weighted by atomic mass is 10.0. The van der Waals surface area contributed by atoms with E-state index >= 15 is 0 Å². The number of amides is 4. The minimum Gasteiger partial charge on any atom is -0.504 e. The van der Waals surface area contributed by atoms with Gasteiger partial charge in [-0.15, -0.1) is 23.1 Å². The number of fused-ring (bicyclic) bond motifs is 1. The number of quaternary nitrogens is 1. The van der Waals surface area contributed by atoms with Gasteiger partial charge in [0.05, 0.1) is 54.5 Å². The third kappa shape index (κ3) is 10.1. The van der Waals surface area contributed by atoms with Gasteiger partial charge < -0.3 is 60.9 Å². The number of hydrogen-bond acceptors (Lipinski definition) is 16. The average Bonchev–Trinajstić information content (AvgIpc) is 3.92. The van der Waals surface area contributed by atoms with E-state index in [9.17, 15) is 54.3 Å². The van der Waals surface area contributed by atoms with Crippen LogP contribution in [0.4, 0.5) is 5.13 Å². The van der Waals surface area contributed by atoms with Crippen LogP contribution in [0.25, 0.3) is 0 Å². The summed E-state index contributed by atoms with van der Waals surface area (Å²) >= 11 is 14.8. The quantitative estimate of drug-likeness (QED) is 0.0299. The van der Waals surface area contributed by atoms with Crippen LogP contribution in [0.5, 0.6) is 23.0 Å². The van der Waals surface area contributed by atoms with E-state index in [0.29, 0.717) is 29.7 Å². The second-order valence-electron chi connectivity index (χ2n) is 15.7. The number of methoxy groups -OCH3 is 1. The Morgan fingerprint density at radius 2 is 1.71 bits per heavy atom. The summed E-state index contributed by atoms with van der Waals surface area (Å²) in [7, 11) is 1.33. The number of ether oxygens (including phenoxy) is 1. The molecule has 3 aliphatic rings. The van der Waals surface area contributed by atoms with E-state index in [4.69, 9.17) is 38.5 Å². The van der Waals surface area contributed by atoms with Crippen LogP contribution < -0.4 is 21.1 Å². The number of hydrogen-bond donors (Lipinski definition) is 8. The summed E-state index contributed by atoms with van der Waals surface area (Å²) in [6.07, 6.45) is 1.56. The zero-order valence-corrected chi connectivity index (χ0v) is 38.1.